The minimum absolute atomic E-state index is 0.222. The van der Waals surface area contributed by atoms with E-state index in [-0.39, 0.29) is 5.69 Å². The van der Waals surface area contributed by atoms with E-state index < -0.39 is 0 Å². The molecule has 0 unspecified atom stereocenters. The number of allylic oxidation sites excluding steroid dienone is 1. The van der Waals surface area contributed by atoms with E-state index >= 15 is 0 Å². The van der Waals surface area contributed by atoms with Crippen molar-refractivity contribution < 1.29 is 4.74 Å². The second-order valence-electron chi connectivity index (χ2n) is 5.46. The van der Waals surface area contributed by atoms with Gasteiger partial charge in [-0.15, -0.1) is 0 Å². The van der Waals surface area contributed by atoms with Gasteiger partial charge in [-0.2, -0.15) is 5.10 Å². The molecule has 0 spiro atoms. The number of ether oxygens (including phenoxy) is 1. The van der Waals surface area contributed by atoms with Gasteiger partial charge in [-0.05, 0) is 17.7 Å². The van der Waals surface area contributed by atoms with E-state index in [0.29, 0.717) is 18.9 Å². The Morgan fingerprint density at radius 3 is 2.84 bits per heavy atom. The number of H-pyrrole nitrogens is 1. The molecule has 2 N–H and O–H groups in total. The van der Waals surface area contributed by atoms with E-state index in [9.17, 15) is 4.79 Å². The predicted octanol–water partition coefficient (Wildman–Crippen LogP) is 2.91. The summed E-state index contributed by atoms with van der Waals surface area (Å²) >= 11 is 0. The van der Waals surface area contributed by atoms with Crippen molar-refractivity contribution in [3.05, 3.63) is 82.5 Å². The molecule has 0 saturated carbocycles. The number of rotatable bonds is 7. The van der Waals surface area contributed by atoms with E-state index in [0.717, 1.165) is 17.0 Å². The number of aromatic nitrogens is 3. The molecule has 0 aliphatic rings. The van der Waals surface area contributed by atoms with Crippen LogP contribution < -0.4 is 15.7 Å². The molecule has 0 bridgehead atoms. The molecule has 6 nitrogen and oxygen atoms in total. The van der Waals surface area contributed by atoms with Crippen LogP contribution in [0.15, 0.2) is 65.5 Å². The molecule has 0 fully saturated rings. The third kappa shape index (κ3) is 4.60. The molecular formula is C19H20N4O2. The molecule has 0 saturated heterocycles. The van der Waals surface area contributed by atoms with Crippen LogP contribution in [0.2, 0.25) is 0 Å². The number of hydrogen-bond donors (Lipinski definition) is 2. The second-order valence-corrected chi connectivity index (χ2v) is 5.46. The maximum atomic E-state index is 12.0. The van der Waals surface area contributed by atoms with E-state index in [2.05, 4.69) is 15.4 Å². The fourth-order valence-electron chi connectivity index (χ4n) is 2.38. The summed E-state index contributed by atoms with van der Waals surface area (Å²) in [6, 6.07) is 17.5. The SMILES string of the molecule is COc1cccc(NCc2nn(C/C=C/c3ccccc3)c(=O)[nH]2)c1. The van der Waals surface area contributed by atoms with Crippen LogP contribution in [0.5, 0.6) is 5.75 Å². The summed E-state index contributed by atoms with van der Waals surface area (Å²) in [7, 11) is 1.63. The molecule has 1 heterocycles. The first-order valence-corrected chi connectivity index (χ1v) is 8.00. The van der Waals surface area contributed by atoms with Gasteiger partial charge in [-0.25, -0.2) is 9.48 Å². The van der Waals surface area contributed by atoms with Crippen molar-refractivity contribution in [3.63, 3.8) is 0 Å². The zero-order valence-corrected chi connectivity index (χ0v) is 14.0. The second kappa shape index (κ2) is 8.01. The molecule has 0 amide bonds. The molecule has 3 aromatic rings. The Morgan fingerprint density at radius 1 is 1.20 bits per heavy atom. The molecule has 0 aliphatic carbocycles. The monoisotopic (exact) mass is 336 g/mol. The maximum absolute atomic E-state index is 12.0. The number of hydrogen-bond acceptors (Lipinski definition) is 4. The van der Waals surface area contributed by atoms with E-state index in [1.54, 1.807) is 7.11 Å². The van der Waals surface area contributed by atoms with Crippen molar-refractivity contribution in [2.75, 3.05) is 12.4 Å². The number of benzene rings is 2. The number of nitrogens with zero attached hydrogens (tertiary/aromatic N) is 2. The van der Waals surface area contributed by atoms with Crippen molar-refractivity contribution in [1.29, 1.82) is 0 Å². The number of methoxy groups -OCH3 is 1. The Labute approximate surface area is 145 Å². The summed E-state index contributed by atoms with van der Waals surface area (Å²) in [5, 5.41) is 7.52. The van der Waals surface area contributed by atoms with Crippen LogP contribution in [0.4, 0.5) is 5.69 Å². The number of nitrogens with one attached hydrogen (secondary N) is 2. The lowest BCUT2D eigenvalue weighted by atomic mass is 10.2. The van der Waals surface area contributed by atoms with E-state index in [4.69, 9.17) is 4.74 Å². The van der Waals surface area contributed by atoms with Crippen molar-refractivity contribution in [2.24, 2.45) is 0 Å². The molecule has 0 atom stereocenters. The Morgan fingerprint density at radius 2 is 2.04 bits per heavy atom. The van der Waals surface area contributed by atoms with Crippen LogP contribution in [0.25, 0.3) is 6.08 Å². The van der Waals surface area contributed by atoms with Gasteiger partial charge in [0.1, 0.15) is 11.6 Å². The fourth-order valence-corrected chi connectivity index (χ4v) is 2.38. The van der Waals surface area contributed by atoms with Crippen LogP contribution >= 0.6 is 0 Å². The highest BCUT2D eigenvalue weighted by Gasteiger charge is 2.04. The minimum Gasteiger partial charge on any atom is -0.497 e. The number of aromatic amines is 1. The van der Waals surface area contributed by atoms with Crippen LogP contribution in [-0.2, 0) is 13.1 Å². The van der Waals surface area contributed by atoms with Crippen LogP contribution in [0.3, 0.4) is 0 Å². The number of anilines is 1. The highest BCUT2D eigenvalue weighted by Crippen LogP contribution is 2.16. The largest absolute Gasteiger partial charge is 0.497 e. The zero-order chi connectivity index (χ0) is 17.5. The first-order valence-electron chi connectivity index (χ1n) is 8.00. The summed E-state index contributed by atoms with van der Waals surface area (Å²) < 4.78 is 6.59. The van der Waals surface area contributed by atoms with Crippen molar-refractivity contribution in [2.45, 2.75) is 13.1 Å². The van der Waals surface area contributed by atoms with Crippen molar-refractivity contribution in [3.8, 4) is 5.75 Å². The fraction of sp³-hybridized carbons (Fsp3) is 0.158. The van der Waals surface area contributed by atoms with Crippen molar-refractivity contribution >= 4 is 11.8 Å². The third-order valence-corrected chi connectivity index (χ3v) is 3.64. The summed E-state index contributed by atoms with van der Waals surface area (Å²) in [6.45, 7) is 0.848. The highest BCUT2D eigenvalue weighted by molar-refractivity contribution is 5.49. The normalized spacial score (nSPS) is 10.9. The van der Waals surface area contributed by atoms with Crippen molar-refractivity contribution in [1.82, 2.24) is 14.8 Å². The van der Waals surface area contributed by atoms with Crippen LogP contribution in [0.1, 0.15) is 11.4 Å². The Hall–Kier alpha value is -3.28. The minimum atomic E-state index is -0.222. The Bertz CT molecular complexity index is 897. The molecule has 3 rings (SSSR count). The topological polar surface area (TPSA) is 71.9 Å². The smallest absolute Gasteiger partial charge is 0.343 e. The molecule has 1 aromatic heterocycles. The first kappa shape index (κ1) is 16.6. The lowest BCUT2D eigenvalue weighted by Crippen LogP contribution is -2.16. The molecule has 25 heavy (non-hydrogen) atoms. The Balaban J connectivity index is 1.60. The van der Waals surface area contributed by atoms with Gasteiger partial charge in [-0.1, -0.05) is 48.6 Å². The average Bonchev–Trinajstić information content (AvgIpc) is 3.01. The van der Waals surface area contributed by atoms with Crippen LogP contribution in [-0.4, -0.2) is 21.9 Å². The van der Waals surface area contributed by atoms with Crippen LogP contribution in [0, 0.1) is 0 Å². The standard InChI is InChI=1S/C19H20N4O2/c1-25-17-11-5-10-16(13-17)20-14-18-21-19(24)23(22-18)12-6-9-15-7-3-2-4-8-15/h2-11,13,20H,12,14H2,1H3,(H,21,22,24)/b9-6+. The molecule has 0 aliphatic heterocycles. The summed E-state index contributed by atoms with van der Waals surface area (Å²) in [5.74, 6) is 1.36. The van der Waals surface area contributed by atoms with Gasteiger partial charge in [0.25, 0.3) is 0 Å². The first-order chi connectivity index (χ1) is 12.2. The van der Waals surface area contributed by atoms with Gasteiger partial charge in [0.15, 0.2) is 0 Å². The summed E-state index contributed by atoms with van der Waals surface area (Å²) in [4.78, 5) is 14.7. The highest BCUT2D eigenvalue weighted by atomic mass is 16.5. The van der Waals surface area contributed by atoms with Gasteiger partial charge < -0.3 is 10.1 Å². The summed E-state index contributed by atoms with van der Waals surface area (Å²) in [6.07, 6.45) is 3.88. The molecule has 128 valence electrons. The van der Waals surface area contributed by atoms with E-state index in [1.807, 2.05) is 66.7 Å². The molecule has 2 aromatic carbocycles. The lowest BCUT2D eigenvalue weighted by molar-refractivity contribution is 0.415. The van der Waals surface area contributed by atoms with E-state index in [1.165, 1.54) is 4.68 Å². The molecule has 0 radical (unpaired) electrons. The lowest BCUT2D eigenvalue weighted by Gasteiger charge is -2.05. The maximum Gasteiger partial charge on any atom is 0.343 e. The van der Waals surface area contributed by atoms with Gasteiger partial charge in [0.2, 0.25) is 0 Å². The summed E-state index contributed by atoms with van der Waals surface area (Å²) in [5.41, 5.74) is 1.77. The van der Waals surface area contributed by atoms with Gasteiger partial charge in [-0.3, -0.25) is 4.98 Å². The van der Waals surface area contributed by atoms with Gasteiger partial charge in [0.05, 0.1) is 20.2 Å². The average molecular weight is 336 g/mol. The molecule has 6 heteroatoms. The molecular weight excluding hydrogens is 316 g/mol. The predicted molar refractivity (Wildman–Crippen MR) is 98.6 cm³/mol. The zero-order valence-electron chi connectivity index (χ0n) is 14.0. The quantitative estimate of drug-likeness (QED) is 0.696. The van der Waals surface area contributed by atoms with Gasteiger partial charge in [0, 0.05) is 11.8 Å². The Kier molecular flexibility index (Phi) is 5.31. The van der Waals surface area contributed by atoms with Gasteiger partial charge >= 0.3 is 5.69 Å². The third-order valence-electron chi connectivity index (χ3n) is 3.64.